The minimum atomic E-state index is -0.586. The van der Waals surface area contributed by atoms with Crippen LogP contribution in [0.4, 0.5) is 5.69 Å². The number of hydrogen-bond donors (Lipinski definition) is 3. The predicted octanol–water partition coefficient (Wildman–Crippen LogP) is 3.04. The van der Waals surface area contributed by atoms with Crippen LogP contribution in [0, 0.1) is 5.92 Å². The Morgan fingerprint density at radius 1 is 1.07 bits per heavy atom. The maximum Gasteiger partial charge on any atom is 0.247 e. The lowest BCUT2D eigenvalue weighted by Gasteiger charge is -2.28. The molecule has 0 saturated heterocycles. The molecule has 28 heavy (non-hydrogen) atoms. The second-order valence-corrected chi connectivity index (χ2v) is 7.68. The van der Waals surface area contributed by atoms with Crippen molar-refractivity contribution < 1.29 is 9.59 Å². The summed E-state index contributed by atoms with van der Waals surface area (Å²) in [5.41, 5.74) is 4.37. The van der Waals surface area contributed by atoms with E-state index >= 15 is 0 Å². The van der Waals surface area contributed by atoms with E-state index in [1.54, 1.807) is 0 Å². The van der Waals surface area contributed by atoms with Gasteiger partial charge in [-0.2, -0.15) is 0 Å². The van der Waals surface area contributed by atoms with Gasteiger partial charge in [-0.25, -0.2) is 0 Å². The van der Waals surface area contributed by atoms with Gasteiger partial charge in [0.2, 0.25) is 11.8 Å². The molecule has 148 valence electrons. The zero-order valence-electron chi connectivity index (χ0n) is 16.8. The highest BCUT2D eigenvalue weighted by molar-refractivity contribution is 5.98. The zero-order valence-corrected chi connectivity index (χ0v) is 16.8. The molecule has 2 aromatic rings. The van der Waals surface area contributed by atoms with Crippen molar-refractivity contribution in [2.24, 2.45) is 5.92 Å². The van der Waals surface area contributed by atoms with Crippen molar-refractivity contribution in [3.63, 3.8) is 0 Å². The van der Waals surface area contributed by atoms with Crippen molar-refractivity contribution in [1.29, 1.82) is 0 Å². The molecule has 0 spiro atoms. The standard InChI is InChI=1S/C23H29N3O2/c1-4-16-9-11-19(12-10-16)25-23(28)21(15(2)3)26-22(27)20-13-17-7-5-6-8-18(17)14-24-20/h5-12,15,20-21,24H,4,13-14H2,1-3H3,(H,25,28)(H,26,27)/t20-,21+/m0/s1. The van der Waals surface area contributed by atoms with Gasteiger partial charge in [-0.3, -0.25) is 9.59 Å². The number of carbonyl (C=O) groups is 2. The van der Waals surface area contributed by atoms with Crippen LogP contribution in [0.1, 0.15) is 37.5 Å². The molecule has 5 nitrogen and oxygen atoms in total. The van der Waals surface area contributed by atoms with Gasteiger partial charge in [-0.15, -0.1) is 0 Å². The maximum atomic E-state index is 12.8. The van der Waals surface area contributed by atoms with Gasteiger partial charge in [0.05, 0.1) is 6.04 Å². The summed E-state index contributed by atoms with van der Waals surface area (Å²) in [7, 11) is 0. The van der Waals surface area contributed by atoms with Gasteiger partial charge in [0.1, 0.15) is 6.04 Å². The highest BCUT2D eigenvalue weighted by Gasteiger charge is 2.29. The third-order valence-corrected chi connectivity index (χ3v) is 5.27. The molecular formula is C23H29N3O2. The second-order valence-electron chi connectivity index (χ2n) is 7.68. The fourth-order valence-electron chi connectivity index (χ4n) is 3.47. The SMILES string of the molecule is CCc1ccc(NC(=O)[C@H](NC(=O)[C@@H]2Cc3ccccc3CN2)C(C)C)cc1. The maximum absolute atomic E-state index is 12.8. The first-order valence-electron chi connectivity index (χ1n) is 9.98. The number of benzene rings is 2. The van der Waals surface area contributed by atoms with E-state index in [2.05, 4.69) is 35.0 Å². The third-order valence-electron chi connectivity index (χ3n) is 5.27. The molecule has 0 unspecified atom stereocenters. The molecule has 0 fully saturated rings. The highest BCUT2D eigenvalue weighted by Crippen LogP contribution is 2.17. The molecule has 0 radical (unpaired) electrons. The smallest absolute Gasteiger partial charge is 0.247 e. The highest BCUT2D eigenvalue weighted by atomic mass is 16.2. The second kappa shape index (κ2) is 9.02. The quantitative estimate of drug-likeness (QED) is 0.722. The lowest BCUT2D eigenvalue weighted by atomic mass is 9.94. The van der Waals surface area contributed by atoms with E-state index in [1.165, 1.54) is 16.7 Å². The van der Waals surface area contributed by atoms with Crippen LogP contribution in [-0.2, 0) is 29.0 Å². The molecule has 2 amide bonds. The van der Waals surface area contributed by atoms with Crippen molar-refractivity contribution in [1.82, 2.24) is 10.6 Å². The van der Waals surface area contributed by atoms with Crippen LogP contribution < -0.4 is 16.0 Å². The Morgan fingerprint density at radius 3 is 2.39 bits per heavy atom. The van der Waals surface area contributed by atoms with Crippen molar-refractivity contribution in [3.8, 4) is 0 Å². The van der Waals surface area contributed by atoms with Crippen LogP contribution in [0.2, 0.25) is 0 Å². The summed E-state index contributed by atoms with van der Waals surface area (Å²) in [5.74, 6) is -0.344. The molecule has 0 aliphatic carbocycles. The first kappa shape index (κ1) is 20.1. The van der Waals surface area contributed by atoms with Gasteiger partial charge >= 0.3 is 0 Å². The summed E-state index contributed by atoms with van der Waals surface area (Å²) in [6.07, 6.45) is 1.59. The van der Waals surface area contributed by atoms with Crippen LogP contribution in [0.25, 0.3) is 0 Å². The van der Waals surface area contributed by atoms with Gasteiger partial charge in [-0.05, 0) is 47.6 Å². The van der Waals surface area contributed by atoms with E-state index < -0.39 is 6.04 Å². The molecule has 2 atom stereocenters. The first-order valence-corrected chi connectivity index (χ1v) is 9.98. The fraction of sp³-hybridized carbons (Fsp3) is 0.391. The predicted molar refractivity (Wildman–Crippen MR) is 112 cm³/mol. The molecule has 2 aromatic carbocycles. The summed E-state index contributed by atoms with van der Waals surface area (Å²) >= 11 is 0. The van der Waals surface area contributed by atoms with E-state index in [0.29, 0.717) is 13.0 Å². The molecule has 3 N–H and O–H groups in total. The van der Waals surface area contributed by atoms with Crippen LogP contribution in [0.3, 0.4) is 0 Å². The van der Waals surface area contributed by atoms with Crippen molar-refractivity contribution in [2.45, 2.75) is 52.2 Å². The number of hydrogen-bond acceptors (Lipinski definition) is 3. The molecule has 3 rings (SSSR count). The summed E-state index contributed by atoms with van der Waals surface area (Å²) in [5, 5.41) is 9.15. The molecule has 0 aromatic heterocycles. The molecule has 5 heteroatoms. The molecular weight excluding hydrogens is 350 g/mol. The number of carbonyl (C=O) groups excluding carboxylic acids is 2. The Kier molecular flexibility index (Phi) is 6.47. The molecule has 1 aliphatic heterocycles. The zero-order chi connectivity index (χ0) is 20.1. The van der Waals surface area contributed by atoms with E-state index in [-0.39, 0.29) is 23.8 Å². The molecule has 1 aliphatic rings. The Balaban J connectivity index is 1.63. The topological polar surface area (TPSA) is 70.2 Å². The number of aryl methyl sites for hydroxylation is 1. The van der Waals surface area contributed by atoms with Crippen LogP contribution in [0.15, 0.2) is 48.5 Å². The van der Waals surface area contributed by atoms with E-state index in [9.17, 15) is 9.59 Å². The minimum Gasteiger partial charge on any atom is -0.343 e. The normalized spacial score (nSPS) is 16.9. The van der Waals surface area contributed by atoms with E-state index in [1.807, 2.05) is 50.2 Å². The number of rotatable bonds is 6. The summed E-state index contributed by atoms with van der Waals surface area (Å²) < 4.78 is 0. The Morgan fingerprint density at radius 2 is 1.75 bits per heavy atom. The average Bonchev–Trinajstić information content (AvgIpc) is 2.71. The molecule has 0 bridgehead atoms. The van der Waals surface area contributed by atoms with Crippen LogP contribution >= 0.6 is 0 Å². The number of amides is 2. The Labute approximate surface area is 166 Å². The number of fused-ring (bicyclic) bond motifs is 1. The molecule has 0 saturated carbocycles. The van der Waals surface area contributed by atoms with Gasteiger partial charge < -0.3 is 16.0 Å². The van der Waals surface area contributed by atoms with Gasteiger partial charge in [-0.1, -0.05) is 57.2 Å². The number of nitrogens with one attached hydrogen (secondary N) is 3. The van der Waals surface area contributed by atoms with Crippen molar-refractivity contribution >= 4 is 17.5 Å². The molecule has 1 heterocycles. The summed E-state index contributed by atoms with van der Waals surface area (Å²) in [6, 6.07) is 15.0. The van der Waals surface area contributed by atoms with Crippen molar-refractivity contribution in [3.05, 3.63) is 65.2 Å². The Bertz CT molecular complexity index is 830. The van der Waals surface area contributed by atoms with Crippen molar-refractivity contribution in [2.75, 3.05) is 5.32 Å². The van der Waals surface area contributed by atoms with E-state index in [4.69, 9.17) is 0 Å². The van der Waals surface area contributed by atoms with Crippen LogP contribution in [-0.4, -0.2) is 23.9 Å². The lowest BCUT2D eigenvalue weighted by Crippen LogP contribution is -2.54. The average molecular weight is 380 g/mol. The van der Waals surface area contributed by atoms with Gasteiger partial charge in [0.25, 0.3) is 0 Å². The summed E-state index contributed by atoms with van der Waals surface area (Å²) in [6.45, 7) is 6.63. The summed E-state index contributed by atoms with van der Waals surface area (Å²) in [4.78, 5) is 25.6. The van der Waals surface area contributed by atoms with E-state index in [0.717, 1.165) is 12.1 Å². The third kappa shape index (κ3) is 4.78. The minimum absolute atomic E-state index is 0.0188. The van der Waals surface area contributed by atoms with Gasteiger partial charge in [0, 0.05) is 12.2 Å². The Hall–Kier alpha value is -2.66. The van der Waals surface area contributed by atoms with Crippen LogP contribution in [0.5, 0.6) is 0 Å². The lowest BCUT2D eigenvalue weighted by molar-refractivity contribution is -0.128. The van der Waals surface area contributed by atoms with Gasteiger partial charge in [0.15, 0.2) is 0 Å². The fourth-order valence-corrected chi connectivity index (χ4v) is 3.47. The monoisotopic (exact) mass is 379 g/mol. The largest absolute Gasteiger partial charge is 0.343 e. The number of anilines is 1. The first-order chi connectivity index (χ1) is 13.5.